The SMILES string of the molecule is c1ccc2c(c1)CCCC21CC1CCCC1CCCCC1. The van der Waals surface area contributed by atoms with Gasteiger partial charge in [0.1, 0.15) is 0 Å². The lowest BCUT2D eigenvalue weighted by Gasteiger charge is -2.27. The Morgan fingerprint density at radius 1 is 0.952 bits per heavy atom. The molecule has 2 unspecified atom stereocenters. The second kappa shape index (κ2) is 5.78. The van der Waals surface area contributed by atoms with Crippen molar-refractivity contribution in [3.63, 3.8) is 0 Å². The van der Waals surface area contributed by atoms with Gasteiger partial charge in [-0.3, -0.25) is 0 Å². The van der Waals surface area contributed by atoms with Crippen LogP contribution in [0.1, 0.15) is 81.8 Å². The monoisotopic (exact) mass is 282 g/mol. The first kappa shape index (κ1) is 13.9. The Hall–Kier alpha value is -0.780. The van der Waals surface area contributed by atoms with E-state index < -0.39 is 0 Å². The Morgan fingerprint density at radius 2 is 1.81 bits per heavy atom. The van der Waals surface area contributed by atoms with E-state index in [0.717, 1.165) is 11.8 Å². The number of hydrogen-bond acceptors (Lipinski definition) is 0. The lowest BCUT2D eigenvalue weighted by molar-refractivity contribution is 0.324. The summed E-state index contributed by atoms with van der Waals surface area (Å²) in [7, 11) is 0. The molecule has 2 atom stereocenters. The van der Waals surface area contributed by atoms with E-state index in [2.05, 4.69) is 24.3 Å². The van der Waals surface area contributed by atoms with E-state index in [-0.39, 0.29) is 0 Å². The zero-order valence-corrected chi connectivity index (χ0v) is 13.4. The van der Waals surface area contributed by atoms with Crippen LogP contribution in [-0.4, -0.2) is 0 Å². The van der Waals surface area contributed by atoms with Crippen LogP contribution in [0.5, 0.6) is 0 Å². The van der Waals surface area contributed by atoms with E-state index in [0.29, 0.717) is 5.41 Å². The minimum atomic E-state index is 0.626. The number of aryl methyl sites for hydroxylation is 1. The smallest absolute Gasteiger partial charge is 0.00126 e. The van der Waals surface area contributed by atoms with Crippen LogP contribution in [0, 0.1) is 11.8 Å². The van der Waals surface area contributed by atoms with Crippen molar-refractivity contribution < 1.29 is 0 Å². The zero-order chi connectivity index (χ0) is 14.1. The van der Waals surface area contributed by atoms with Crippen LogP contribution in [0.25, 0.3) is 0 Å². The summed E-state index contributed by atoms with van der Waals surface area (Å²) < 4.78 is 0. The molecule has 3 aliphatic rings. The molecule has 0 heterocycles. The maximum absolute atomic E-state index is 2.44. The van der Waals surface area contributed by atoms with Crippen molar-refractivity contribution in [3.8, 4) is 0 Å². The van der Waals surface area contributed by atoms with Gasteiger partial charge in [0.25, 0.3) is 0 Å². The molecule has 2 fully saturated rings. The molecule has 21 heavy (non-hydrogen) atoms. The quantitative estimate of drug-likeness (QED) is 0.632. The van der Waals surface area contributed by atoms with Crippen molar-refractivity contribution in [2.45, 2.75) is 82.5 Å². The fourth-order valence-corrected chi connectivity index (χ4v) is 5.48. The van der Waals surface area contributed by atoms with Crippen molar-refractivity contribution in [2.24, 2.45) is 11.8 Å². The molecule has 4 rings (SSSR count). The molecule has 1 aromatic rings. The standard InChI is InChI=1S/C21H30/c1-2-8-17(9-3-1)10-6-13-19-16-21(19)15-7-12-18-11-4-5-14-20(18)21/h4-5,11,14,17,19H,1-3,6-10,12-13,15-16H2. The summed E-state index contributed by atoms with van der Waals surface area (Å²) in [5.41, 5.74) is 4.03. The number of rotatable bonds is 4. The third kappa shape index (κ3) is 2.67. The van der Waals surface area contributed by atoms with Crippen molar-refractivity contribution >= 4 is 0 Å². The third-order valence-corrected chi connectivity index (χ3v) is 6.74. The first-order chi connectivity index (χ1) is 10.4. The van der Waals surface area contributed by atoms with Gasteiger partial charge in [-0.05, 0) is 60.5 Å². The van der Waals surface area contributed by atoms with Crippen LogP contribution in [-0.2, 0) is 11.8 Å². The normalized spacial score (nSPS) is 32.1. The van der Waals surface area contributed by atoms with Gasteiger partial charge in [0.15, 0.2) is 0 Å². The zero-order valence-electron chi connectivity index (χ0n) is 13.4. The van der Waals surface area contributed by atoms with Gasteiger partial charge in [0.2, 0.25) is 0 Å². The molecular weight excluding hydrogens is 252 g/mol. The summed E-state index contributed by atoms with van der Waals surface area (Å²) in [4.78, 5) is 0. The Balaban J connectivity index is 1.33. The highest BCUT2D eigenvalue weighted by atomic mass is 14.6. The molecule has 0 bridgehead atoms. The van der Waals surface area contributed by atoms with E-state index in [1.165, 1.54) is 77.0 Å². The summed E-state index contributed by atoms with van der Waals surface area (Å²) >= 11 is 0. The van der Waals surface area contributed by atoms with E-state index in [4.69, 9.17) is 0 Å². The van der Waals surface area contributed by atoms with Crippen molar-refractivity contribution in [2.75, 3.05) is 0 Å². The Bertz CT molecular complexity index is 483. The number of benzene rings is 1. The van der Waals surface area contributed by atoms with Crippen LogP contribution in [0.3, 0.4) is 0 Å². The molecule has 0 radical (unpaired) electrons. The summed E-state index contributed by atoms with van der Waals surface area (Å²) in [6.45, 7) is 0. The molecule has 0 N–H and O–H groups in total. The summed E-state index contributed by atoms with van der Waals surface area (Å²) in [6.07, 6.45) is 17.8. The molecule has 0 nitrogen and oxygen atoms in total. The highest BCUT2D eigenvalue weighted by Gasteiger charge is 2.55. The Morgan fingerprint density at radius 3 is 2.71 bits per heavy atom. The van der Waals surface area contributed by atoms with Crippen molar-refractivity contribution in [1.29, 1.82) is 0 Å². The van der Waals surface area contributed by atoms with Gasteiger partial charge in [-0.2, -0.15) is 0 Å². The predicted molar refractivity (Wildman–Crippen MR) is 89.6 cm³/mol. The van der Waals surface area contributed by atoms with Crippen molar-refractivity contribution in [1.82, 2.24) is 0 Å². The van der Waals surface area contributed by atoms with Gasteiger partial charge in [0.05, 0.1) is 0 Å². The minimum Gasteiger partial charge on any atom is -0.0620 e. The van der Waals surface area contributed by atoms with Gasteiger partial charge in [-0.1, -0.05) is 69.2 Å². The van der Waals surface area contributed by atoms with E-state index in [1.54, 1.807) is 11.1 Å². The third-order valence-electron chi connectivity index (χ3n) is 6.74. The summed E-state index contributed by atoms with van der Waals surface area (Å²) in [6, 6.07) is 9.32. The fourth-order valence-electron chi connectivity index (χ4n) is 5.48. The van der Waals surface area contributed by atoms with Crippen LogP contribution >= 0.6 is 0 Å². The van der Waals surface area contributed by atoms with E-state index >= 15 is 0 Å². The molecule has 0 aromatic heterocycles. The molecule has 1 spiro atoms. The fraction of sp³-hybridized carbons (Fsp3) is 0.714. The second-order valence-electron chi connectivity index (χ2n) is 8.00. The van der Waals surface area contributed by atoms with E-state index in [9.17, 15) is 0 Å². The topological polar surface area (TPSA) is 0 Å². The first-order valence-electron chi connectivity index (χ1n) is 9.47. The Labute approximate surface area is 130 Å². The van der Waals surface area contributed by atoms with Gasteiger partial charge in [0, 0.05) is 0 Å². The van der Waals surface area contributed by atoms with Gasteiger partial charge >= 0.3 is 0 Å². The maximum atomic E-state index is 2.44. The molecule has 114 valence electrons. The highest BCUT2D eigenvalue weighted by molar-refractivity contribution is 5.42. The lowest BCUT2D eigenvalue weighted by atomic mass is 9.78. The summed E-state index contributed by atoms with van der Waals surface area (Å²) in [5.74, 6) is 2.09. The van der Waals surface area contributed by atoms with Crippen LogP contribution < -0.4 is 0 Å². The van der Waals surface area contributed by atoms with Crippen LogP contribution in [0.15, 0.2) is 24.3 Å². The minimum absolute atomic E-state index is 0.626. The van der Waals surface area contributed by atoms with Crippen molar-refractivity contribution in [3.05, 3.63) is 35.4 Å². The molecule has 0 aliphatic heterocycles. The molecule has 3 aliphatic carbocycles. The number of fused-ring (bicyclic) bond motifs is 2. The first-order valence-corrected chi connectivity index (χ1v) is 9.47. The predicted octanol–water partition coefficient (Wildman–Crippen LogP) is 6.03. The Kier molecular flexibility index (Phi) is 3.81. The molecule has 0 amide bonds. The summed E-state index contributed by atoms with van der Waals surface area (Å²) in [5, 5.41) is 0. The van der Waals surface area contributed by atoms with Crippen LogP contribution in [0.2, 0.25) is 0 Å². The van der Waals surface area contributed by atoms with Gasteiger partial charge in [-0.15, -0.1) is 0 Å². The highest BCUT2D eigenvalue weighted by Crippen LogP contribution is 2.62. The molecule has 0 heteroatoms. The molecule has 0 saturated heterocycles. The van der Waals surface area contributed by atoms with E-state index in [1.807, 2.05) is 0 Å². The van der Waals surface area contributed by atoms with Gasteiger partial charge in [-0.25, -0.2) is 0 Å². The number of hydrogen-bond donors (Lipinski definition) is 0. The van der Waals surface area contributed by atoms with Crippen LogP contribution in [0.4, 0.5) is 0 Å². The average Bonchev–Trinajstić information content (AvgIpc) is 3.22. The average molecular weight is 282 g/mol. The maximum Gasteiger partial charge on any atom is -0.00126 e. The van der Waals surface area contributed by atoms with Gasteiger partial charge < -0.3 is 0 Å². The molecular formula is C21H30. The lowest BCUT2D eigenvalue weighted by Crippen LogP contribution is -2.18. The molecule has 2 saturated carbocycles. The largest absolute Gasteiger partial charge is 0.0620 e. The second-order valence-corrected chi connectivity index (χ2v) is 8.00. The molecule has 1 aromatic carbocycles.